The van der Waals surface area contributed by atoms with Crippen LogP contribution in [0.2, 0.25) is 0 Å². The Morgan fingerprint density at radius 2 is 1.33 bits per heavy atom. The highest BCUT2D eigenvalue weighted by molar-refractivity contribution is 5.73. The van der Waals surface area contributed by atoms with Gasteiger partial charge in [0.05, 0.1) is 11.4 Å². The van der Waals surface area contributed by atoms with E-state index >= 15 is 0 Å². The Kier molecular flexibility index (Phi) is 4.32. The zero-order valence-corrected chi connectivity index (χ0v) is 14.1. The molecule has 7 heteroatoms. The van der Waals surface area contributed by atoms with Gasteiger partial charge >= 0.3 is 0 Å². The van der Waals surface area contributed by atoms with Crippen molar-refractivity contribution in [3.8, 4) is 11.5 Å². The Morgan fingerprint density at radius 1 is 0.741 bits per heavy atom. The number of rotatable bonds is 4. The van der Waals surface area contributed by atoms with Crippen LogP contribution in [0.5, 0.6) is 11.5 Å². The lowest BCUT2D eigenvalue weighted by Gasteiger charge is -2.01. The first-order valence-corrected chi connectivity index (χ1v) is 8.21. The van der Waals surface area contributed by atoms with Crippen molar-refractivity contribution >= 4 is 30.1 Å². The number of fused-ring (bicyclic) bond motifs is 1. The molecule has 27 heavy (non-hydrogen) atoms. The van der Waals surface area contributed by atoms with Gasteiger partial charge in [-0.05, 0) is 64.0 Å². The van der Waals surface area contributed by atoms with Gasteiger partial charge in [0.25, 0.3) is 5.78 Å². The van der Waals surface area contributed by atoms with Crippen LogP contribution in [-0.2, 0) is 0 Å². The molecule has 0 aliphatic rings. The fourth-order valence-electron chi connectivity index (χ4n) is 2.52. The number of tetrazole rings is 1. The third-order valence-electron chi connectivity index (χ3n) is 3.90. The number of benzene rings is 2. The average molecular weight is 357 g/mol. The molecule has 0 saturated heterocycles. The largest absolute Gasteiger partial charge is 0.508 e. The van der Waals surface area contributed by atoms with Gasteiger partial charge < -0.3 is 10.2 Å². The Balaban J connectivity index is 1.67. The SMILES string of the molecule is Oc1ccc(C=Cc2cc(/C=C/c3ccc(O)cc3)nc3nnnn23)cc1. The quantitative estimate of drug-likeness (QED) is 0.582. The number of aromatic nitrogens is 5. The van der Waals surface area contributed by atoms with Crippen LogP contribution >= 0.6 is 0 Å². The lowest BCUT2D eigenvalue weighted by atomic mass is 10.1. The zero-order valence-electron chi connectivity index (χ0n) is 14.1. The van der Waals surface area contributed by atoms with Gasteiger partial charge in [-0.25, -0.2) is 4.98 Å². The number of aromatic hydroxyl groups is 2. The van der Waals surface area contributed by atoms with E-state index in [2.05, 4.69) is 20.5 Å². The van der Waals surface area contributed by atoms with Crippen LogP contribution in [0, 0.1) is 0 Å². The maximum Gasteiger partial charge on any atom is 0.274 e. The van der Waals surface area contributed by atoms with Crippen molar-refractivity contribution in [2.24, 2.45) is 0 Å². The Bertz CT molecular complexity index is 1130. The second-order valence-corrected chi connectivity index (χ2v) is 5.85. The van der Waals surface area contributed by atoms with Gasteiger partial charge in [-0.15, -0.1) is 0 Å². The molecule has 2 heterocycles. The van der Waals surface area contributed by atoms with Crippen molar-refractivity contribution in [2.75, 3.05) is 0 Å². The number of phenolic OH excluding ortho intramolecular Hbond substituents is 2. The van der Waals surface area contributed by atoms with E-state index in [1.54, 1.807) is 28.8 Å². The molecule has 2 N–H and O–H groups in total. The van der Waals surface area contributed by atoms with Gasteiger partial charge in [-0.1, -0.05) is 41.5 Å². The number of hydrogen-bond acceptors (Lipinski definition) is 6. The summed E-state index contributed by atoms with van der Waals surface area (Å²) in [6, 6.07) is 15.6. The Hall–Kier alpha value is -4.00. The molecule has 132 valence electrons. The first-order valence-electron chi connectivity index (χ1n) is 8.21. The molecule has 0 bridgehead atoms. The molecule has 4 rings (SSSR count). The number of hydrogen-bond donors (Lipinski definition) is 2. The van der Waals surface area contributed by atoms with E-state index in [4.69, 9.17) is 0 Å². The van der Waals surface area contributed by atoms with Crippen molar-refractivity contribution < 1.29 is 10.2 Å². The van der Waals surface area contributed by atoms with E-state index in [1.165, 1.54) is 0 Å². The molecule has 2 aromatic heterocycles. The summed E-state index contributed by atoms with van der Waals surface area (Å²) in [5.74, 6) is 0.844. The molecule has 7 nitrogen and oxygen atoms in total. The second kappa shape index (κ2) is 7.09. The van der Waals surface area contributed by atoms with Crippen LogP contribution in [-0.4, -0.2) is 35.2 Å². The van der Waals surface area contributed by atoms with Crippen LogP contribution in [0.25, 0.3) is 30.1 Å². The smallest absolute Gasteiger partial charge is 0.274 e. The van der Waals surface area contributed by atoms with Crippen LogP contribution in [0.1, 0.15) is 22.5 Å². The number of phenols is 2. The molecule has 0 atom stereocenters. The van der Waals surface area contributed by atoms with Gasteiger partial charge in [0.15, 0.2) is 0 Å². The first-order chi connectivity index (χ1) is 13.2. The van der Waals surface area contributed by atoms with Crippen LogP contribution in [0.3, 0.4) is 0 Å². The third kappa shape index (κ3) is 3.82. The van der Waals surface area contributed by atoms with E-state index in [1.807, 2.05) is 54.6 Å². The topological polar surface area (TPSA) is 96.4 Å². The maximum atomic E-state index is 9.38. The van der Waals surface area contributed by atoms with E-state index in [0.717, 1.165) is 16.8 Å². The fraction of sp³-hybridized carbons (Fsp3) is 0. The Labute approximate surface area is 154 Å². The highest BCUT2D eigenvalue weighted by atomic mass is 16.3. The summed E-state index contributed by atoms with van der Waals surface area (Å²) in [5, 5.41) is 30.3. The standard InChI is InChI=1S/C20H15N5O2/c26-18-9-3-14(4-10-18)1-7-16-13-17(25-20(21-16)22-23-24-25)8-2-15-5-11-19(27)12-6-15/h1-13,26-27H/b7-1+,8-2?. The summed E-state index contributed by atoms with van der Waals surface area (Å²) < 4.78 is 1.55. The molecular weight excluding hydrogens is 342 g/mol. The van der Waals surface area contributed by atoms with Gasteiger partial charge in [-0.3, -0.25) is 0 Å². The molecule has 4 aromatic rings. The fourth-order valence-corrected chi connectivity index (χ4v) is 2.52. The van der Waals surface area contributed by atoms with Crippen molar-refractivity contribution in [1.29, 1.82) is 0 Å². The Morgan fingerprint density at radius 3 is 1.96 bits per heavy atom. The summed E-state index contributed by atoms with van der Waals surface area (Å²) in [4.78, 5) is 4.42. The predicted octanol–water partition coefficient (Wildman–Crippen LogP) is 3.27. The van der Waals surface area contributed by atoms with Crippen molar-refractivity contribution in [2.45, 2.75) is 0 Å². The summed E-state index contributed by atoms with van der Waals surface area (Å²) in [6.45, 7) is 0. The van der Waals surface area contributed by atoms with Crippen LogP contribution in [0.15, 0.2) is 54.6 Å². The van der Waals surface area contributed by atoms with Crippen molar-refractivity contribution in [3.63, 3.8) is 0 Å². The first kappa shape index (κ1) is 16.5. The van der Waals surface area contributed by atoms with E-state index in [0.29, 0.717) is 11.5 Å². The highest BCUT2D eigenvalue weighted by Gasteiger charge is 2.05. The van der Waals surface area contributed by atoms with Gasteiger partial charge in [0.2, 0.25) is 0 Å². The molecule has 0 unspecified atom stereocenters. The predicted molar refractivity (Wildman–Crippen MR) is 103 cm³/mol. The van der Waals surface area contributed by atoms with Crippen LogP contribution < -0.4 is 0 Å². The second-order valence-electron chi connectivity index (χ2n) is 5.85. The molecular formula is C20H15N5O2. The zero-order chi connectivity index (χ0) is 18.6. The molecule has 0 amide bonds. The van der Waals surface area contributed by atoms with Crippen molar-refractivity contribution in [1.82, 2.24) is 25.0 Å². The average Bonchev–Trinajstić information content (AvgIpc) is 3.16. The maximum absolute atomic E-state index is 9.38. The molecule has 0 spiro atoms. The molecule has 2 aromatic carbocycles. The molecule has 0 aliphatic carbocycles. The van der Waals surface area contributed by atoms with Gasteiger partial charge in [0.1, 0.15) is 11.5 Å². The van der Waals surface area contributed by atoms with E-state index < -0.39 is 0 Å². The minimum Gasteiger partial charge on any atom is -0.508 e. The summed E-state index contributed by atoms with van der Waals surface area (Å²) in [6.07, 6.45) is 7.55. The van der Waals surface area contributed by atoms with Crippen molar-refractivity contribution in [3.05, 3.63) is 77.1 Å². The highest BCUT2D eigenvalue weighted by Crippen LogP contribution is 2.16. The minimum absolute atomic E-state index is 0.223. The number of nitrogens with zero attached hydrogens (tertiary/aromatic N) is 5. The summed E-state index contributed by atoms with van der Waals surface area (Å²) in [5.41, 5.74) is 3.35. The van der Waals surface area contributed by atoms with E-state index in [9.17, 15) is 10.2 Å². The van der Waals surface area contributed by atoms with E-state index in [-0.39, 0.29) is 11.5 Å². The molecule has 0 saturated carbocycles. The van der Waals surface area contributed by atoms with Crippen LogP contribution in [0.4, 0.5) is 0 Å². The lowest BCUT2D eigenvalue weighted by Crippen LogP contribution is -1.98. The molecule has 0 radical (unpaired) electrons. The molecule has 0 aliphatic heterocycles. The van der Waals surface area contributed by atoms with Gasteiger partial charge in [0, 0.05) is 0 Å². The normalized spacial score (nSPS) is 11.7. The van der Waals surface area contributed by atoms with Gasteiger partial charge in [-0.2, -0.15) is 4.52 Å². The molecule has 0 fully saturated rings. The minimum atomic E-state index is 0.223. The third-order valence-corrected chi connectivity index (χ3v) is 3.90. The lowest BCUT2D eigenvalue weighted by molar-refractivity contribution is 0.474. The summed E-state index contributed by atoms with van der Waals surface area (Å²) in [7, 11) is 0. The summed E-state index contributed by atoms with van der Waals surface area (Å²) >= 11 is 0. The monoisotopic (exact) mass is 357 g/mol.